The first-order valence-corrected chi connectivity index (χ1v) is 5.64. The van der Waals surface area contributed by atoms with E-state index < -0.39 is 17.7 Å². The Kier molecular flexibility index (Phi) is 3.71. The third-order valence-electron chi connectivity index (χ3n) is 2.73. The van der Waals surface area contributed by atoms with Gasteiger partial charge in [0.15, 0.2) is 11.6 Å². The van der Waals surface area contributed by atoms with Crippen molar-refractivity contribution in [2.24, 2.45) is 0 Å². The Morgan fingerprint density at radius 3 is 2.84 bits per heavy atom. The van der Waals surface area contributed by atoms with Gasteiger partial charge in [0.25, 0.3) is 5.56 Å². The molecule has 0 saturated carbocycles. The summed E-state index contributed by atoms with van der Waals surface area (Å²) in [6.45, 7) is 1.47. The highest BCUT2D eigenvalue weighted by molar-refractivity contribution is 5.21. The lowest BCUT2D eigenvalue weighted by Crippen LogP contribution is -2.23. The molecule has 0 aliphatic rings. The summed E-state index contributed by atoms with van der Waals surface area (Å²) in [6, 6.07) is 4.84. The van der Waals surface area contributed by atoms with Crippen LogP contribution < -0.4 is 5.56 Å². The highest BCUT2D eigenvalue weighted by Gasteiger charge is 2.16. The van der Waals surface area contributed by atoms with Gasteiger partial charge in [0, 0.05) is 17.3 Å². The van der Waals surface area contributed by atoms with E-state index in [1.54, 1.807) is 6.92 Å². The van der Waals surface area contributed by atoms with E-state index in [9.17, 15) is 18.7 Å². The molecule has 1 aromatic carbocycles. The Balaban J connectivity index is 2.28. The fourth-order valence-corrected chi connectivity index (χ4v) is 1.72. The molecule has 0 aliphatic carbocycles. The first kappa shape index (κ1) is 13.4. The van der Waals surface area contributed by atoms with E-state index in [0.29, 0.717) is 5.69 Å². The van der Waals surface area contributed by atoms with Crippen LogP contribution in [0.5, 0.6) is 0 Å². The molecule has 19 heavy (non-hydrogen) atoms. The van der Waals surface area contributed by atoms with Crippen molar-refractivity contribution in [2.75, 3.05) is 0 Å². The van der Waals surface area contributed by atoms with Crippen molar-refractivity contribution in [3.8, 4) is 0 Å². The predicted molar refractivity (Wildman–Crippen MR) is 64.6 cm³/mol. The topological polar surface area (TPSA) is 55.1 Å². The number of nitrogens with zero attached hydrogens (tertiary/aromatic N) is 2. The third-order valence-corrected chi connectivity index (χ3v) is 2.73. The number of hydrogen-bond acceptors (Lipinski definition) is 3. The van der Waals surface area contributed by atoms with Gasteiger partial charge in [0.1, 0.15) is 0 Å². The van der Waals surface area contributed by atoms with Gasteiger partial charge in [-0.1, -0.05) is 12.1 Å². The van der Waals surface area contributed by atoms with E-state index in [4.69, 9.17) is 0 Å². The Labute approximate surface area is 108 Å². The summed E-state index contributed by atoms with van der Waals surface area (Å²) >= 11 is 0. The van der Waals surface area contributed by atoms with Gasteiger partial charge in [0.05, 0.1) is 19.0 Å². The molecule has 0 amide bonds. The standard InChI is InChI=1S/C13H12F2N2O2/c1-8-5-12(19)17(7-16-8)6-11(18)9-3-2-4-10(14)13(9)15/h2-5,7,11,18H,6H2,1H3. The molecule has 0 saturated heterocycles. The molecule has 1 aromatic heterocycles. The molecule has 1 unspecified atom stereocenters. The van der Waals surface area contributed by atoms with E-state index >= 15 is 0 Å². The van der Waals surface area contributed by atoms with Gasteiger partial charge >= 0.3 is 0 Å². The average molecular weight is 266 g/mol. The van der Waals surface area contributed by atoms with Crippen LogP contribution in [0.3, 0.4) is 0 Å². The summed E-state index contributed by atoms with van der Waals surface area (Å²) in [7, 11) is 0. The van der Waals surface area contributed by atoms with E-state index in [1.165, 1.54) is 24.5 Å². The maximum absolute atomic E-state index is 13.5. The predicted octanol–water partition coefficient (Wildman–Crippen LogP) is 1.56. The smallest absolute Gasteiger partial charge is 0.253 e. The Morgan fingerprint density at radius 2 is 2.16 bits per heavy atom. The van der Waals surface area contributed by atoms with Crippen molar-refractivity contribution in [3.05, 3.63) is 63.8 Å². The van der Waals surface area contributed by atoms with Gasteiger partial charge in [-0.2, -0.15) is 0 Å². The highest BCUT2D eigenvalue weighted by atomic mass is 19.2. The van der Waals surface area contributed by atoms with Crippen molar-refractivity contribution in [1.29, 1.82) is 0 Å². The number of rotatable bonds is 3. The number of halogens is 2. The summed E-state index contributed by atoms with van der Waals surface area (Å²) < 4.78 is 27.7. The van der Waals surface area contributed by atoms with E-state index in [-0.39, 0.29) is 17.7 Å². The van der Waals surface area contributed by atoms with Gasteiger partial charge in [-0.05, 0) is 13.0 Å². The molecule has 6 heteroatoms. The second-order valence-electron chi connectivity index (χ2n) is 4.18. The summed E-state index contributed by atoms with van der Waals surface area (Å²) in [4.78, 5) is 15.5. The van der Waals surface area contributed by atoms with E-state index in [1.807, 2.05) is 0 Å². The van der Waals surface area contributed by atoms with Crippen LogP contribution >= 0.6 is 0 Å². The summed E-state index contributed by atoms with van der Waals surface area (Å²) in [6.07, 6.45) is -0.0594. The van der Waals surface area contributed by atoms with E-state index in [2.05, 4.69) is 4.98 Å². The Hall–Kier alpha value is -2.08. The fraction of sp³-hybridized carbons (Fsp3) is 0.231. The number of aliphatic hydroxyl groups is 1. The van der Waals surface area contributed by atoms with Crippen molar-refractivity contribution in [1.82, 2.24) is 9.55 Å². The normalized spacial score (nSPS) is 12.4. The molecular formula is C13H12F2N2O2. The molecule has 1 N–H and O–H groups in total. The molecule has 0 radical (unpaired) electrons. The van der Waals surface area contributed by atoms with Crippen LogP contribution in [-0.2, 0) is 6.54 Å². The number of hydrogen-bond donors (Lipinski definition) is 1. The molecule has 0 spiro atoms. The first-order valence-electron chi connectivity index (χ1n) is 5.64. The largest absolute Gasteiger partial charge is 0.386 e. The van der Waals surface area contributed by atoms with Gasteiger partial charge in [-0.3, -0.25) is 9.36 Å². The average Bonchev–Trinajstić information content (AvgIpc) is 2.36. The lowest BCUT2D eigenvalue weighted by Gasteiger charge is -2.13. The minimum Gasteiger partial charge on any atom is -0.386 e. The van der Waals surface area contributed by atoms with Gasteiger partial charge in [-0.15, -0.1) is 0 Å². The van der Waals surface area contributed by atoms with Crippen LogP contribution in [0.15, 0.2) is 35.4 Å². The molecule has 0 fully saturated rings. The quantitative estimate of drug-likeness (QED) is 0.917. The lowest BCUT2D eigenvalue weighted by atomic mass is 10.1. The van der Waals surface area contributed by atoms with Gasteiger partial charge < -0.3 is 5.11 Å². The Morgan fingerprint density at radius 1 is 1.42 bits per heavy atom. The molecule has 1 atom stereocenters. The molecule has 1 heterocycles. The highest BCUT2D eigenvalue weighted by Crippen LogP contribution is 2.20. The summed E-state index contributed by atoms with van der Waals surface area (Å²) in [5.41, 5.74) is 0.00325. The zero-order chi connectivity index (χ0) is 14.0. The molecule has 2 rings (SSSR count). The second kappa shape index (κ2) is 5.27. The van der Waals surface area contributed by atoms with Crippen molar-refractivity contribution in [3.63, 3.8) is 0 Å². The molecule has 0 aliphatic heterocycles. The number of aromatic nitrogens is 2. The zero-order valence-corrected chi connectivity index (χ0v) is 10.2. The minimum atomic E-state index is -1.32. The lowest BCUT2D eigenvalue weighted by molar-refractivity contribution is 0.149. The fourth-order valence-electron chi connectivity index (χ4n) is 1.72. The van der Waals surface area contributed by atoms with Crippen LogP contribution in [-0.4, -0.2) is 14.7 Å². The SMILES string of the molecule is Cc1cc(=O)n(CC(O)c2cccc(F)c2F)cn1. The molecular weight excluding hydrogens is 254 g/mol. The van der Waals surface area contributed by atoms with Crippen molar-refractivity contribution in [2.45, 2.75) is 19.6 Å². The van der Waals surface area contributed by atoms with Crippen LogP contribution in [0.2, 0.25) is 0 Å². The maximum Gasteiger partial charge on any atom is 0.253 e. The zero-order valence-electron chi connectivity index (χ0n) is 10.2. The number of benzene rings is 1. The van der Waals surface area contributed by atoms with Gasteiger partial charge in [-0.25, -0.2) is 13.8 Å². The van der Waals surface area contributed by atoms with Crippen LogP contribution in [0, 0.1) is 18.6 Å². The first-order chi connectivity index (χ1) is 8.99. The molecule has 100 valence electrons. The maximum atomic E-state index is 13.5. The Bertz CT molecular complexity index is 655. The number of aliphatic hydroxyl groups excluding tert-OH is 1. The third kappa shape index (κ3) is 2.85. The van der Waals surface area contributed by atoms with E-state index in [0.717, 1.165) is 10.6 Å². The minimum absolute atomic E-state index is 0.188. The van der Waals surface area contributed by atoms with Crippen LogP contribution in [0.1, 0.15) is 17.4 Å². The molecule has 4 nitrogen and oxygen atoms in total. The summed E-state index contributed by atoms with van der Waals surface area (Å²) in [5.74, 6) is -2.14. The van der Waals surface area contributed by atoms with Gasteiger partial charge in [0.2, 0.25) is 0 Å². The second-order valence-corrected chi connectivity index (χ2v) is 4.18. The monoisotopic (exact) mass is 266 g/mol. The number of aryl methyl sites for hydroxylation is 1. The van der Waals surface area contributed by atoms with Crippen LogP contribution in [0.25, 0.3) is 0 Å². The molecule has 2 aromatic rings. The van der Waals surface area contributed by atoms with Crippen molar-refractivity contribution < 1.29 is 13.9 Å². The summed E-state index contributed by atoms with van der Waals surface area (Å²) in [5, 5.41) is 9.88. The molecule has 0 bridgehead atoms. The van der Waals surface area contributed by atoms with Crippen LogP contribution in [0.4, 0.5) is 8.78 Å². The van der Waals surface area contributed by atoms with Crippen molar-refractivity contribution >= 4 is 0 Å².